The van der Waals surface area contributed by atoms with Crippen molar-refractivity contribution in [1.82, 2.24) is 10.2 Å². The predicted molar refractivity (Wildman–Crippen MR) is 85.1 cm³/mol. The summed E-state index contributed by atoms with van der Waals surface area (Å²) in [6, 6.07) is 0.000133. The number of hydrogen-bond acceptors (Lipinski definition) is 3. The molecule has 1 atom stereocenters. The highest BCUT2D eigenvalue weighted by Gasteiger charge is 2.27. The van der Waals surface area contributed by atoms with E-state index in [2.05, 4.69) is 18.8 Å². The Balaban J connectivity index is 4.56. The molecule has 0 aliphatic carbocycles. The molecule has 5 nitrogen and oxygen atoms in total. The molecule has 1 unspecified atom stereocenters. The van der Waals surface area contributed by atoms with E-state index < -0.39 is 5.97 Å². The molecule has 0 spiro atoms. The molecular weight excluding hydrogens is 268 g/mol. The molecule has 0 aromatic carbocycles. The van der Waals surface area contributed by atoms with Crippen molar-refractivity contribution in [1.29, 1.82) is 0 Å². The number of urea groups is 1. The maximum Gasteiger partial charge on any atom is 0.333 e. The molecule has 0 rings (SSSR count). The maximum absolute atomic E-state index is 12.3. The van der Waals surface area contributed by atoms with Crippen LogP contribution < -0.4 is 5.32 Å². The van der Waals surface area contributed by atoms with Gasteiger partial charge in [-0.15, -0.1) is 0 Å². The van der Waals surface area contributed by atoms with Gasteiger partial charge in [0.2, 0.25) is 0 Å². The number of esters is 1. The lowest BCUT2D eigenvalue weighted by molar-refractivity contribution is -0.139. The third-order valence-electron chi connectivity index (χ3n) is 3.04. The number of ether oxygens (including phenoxy) is 1. The van der Waals surface area contributed by atoms with Gasteiger partial charge in [0, 0.05) is 17.2 Å². The van der Waals surface area contributed by atoms with Crippen molar-refractivity contribution in [2.45, 2.75) is 66.0 Å². The second kappa shape index (κ2) is 8.70. The highest BCUT2D eigenvalue weighted by Crippen LogP contribution is 2.13. The SMILES string of the molecule is C=C(C)C(=O)OCCN(C(=O)NC(C)CCC)C(C)(C)C. The lowest BCUT2D eigenvalue weighted by atomic mass is 10.1. The minimum Gasteiger partial charge on any atom is -0.460 e. The first-order chi connectivity index (χ1) is 9.59. The summed E-state index contributed by atoms with van der Waals surface area (Å²) in [7, 11) is 0. The van der Waals surface area contributed by atoms with Gasteiger partial charge in [-0.2, -0.15) is 0 Å². The summed E-state index contributed by atoms with van der Waals surface area (Å²) in [4.78, 5) is 25.4. The summed E-state index contributed by atoms with van der Waals surface area (Å²) in [6.07, 6.45) is 1.96. The van der Waals surface area contributed by atoms with Crippen LogP contribution in [-0.4, -0.2) is 41.6 Å². The fourth-order valence-electron chi connectivity index (χ4n) is 1.89. The predicted octanol–water partition coefficient (Wildman–Crippen LogP) is 3.10. The van der Waals surface area contributed by atoms with E-state index in [1.165, 1.54) is 0 Å². The van der Waals surface area contributed by atoms with E-state index in [-0.39, 0.29) is 24.2 Å². The Hall–Kier alpha value is -1.52. The van der Waals surface area contributed by atoms with E-state index >= 15 is 0 Å². The van der Waals surface area contributed by atoms with Crippen LogP contribution in [-0.2, 0) is 9.53 Å². The van der Waals surface area contributed by atoms with Crippen molar-refractivity contribution >= 4 is 12.0 Å². The van der Waals surface area contributed by atoms with E-state index in [0.29, 0.717) is 12.1 Å². The Labute approximate surface area is 128 Å². The lowest BCUT2D eigenvalue weighted by Gasteiger charge is -2.36. The van der Waals surface area contributed by atoms with Gasteiger partial charge in [-0.3, -0.25) is 0 Å². The number of carbonyl (C=O) groups is 2. The summed E-state index contributed by atoms with van der Waals surface area (Å²) < 4.78 is 5.07. The highest BCUT2D eigenvalue weighted by atomic mass is 16.5. The number of rotatable bonds is 7. The van der Waals surface area contributed by atoms with Crippen molar-refractivity contribution in [3.8, 4) is 0 Å². The molecule has 1 N–H and O–H groups in total. The van der Waals surface area contributed by atoms with Crippen LogP contribution >= 0.6 is 0 Å². The quantitative estimate of drug-likeness (QED) is 0.580. The zero-order valence-corrected chi connectivity index (χ0v) is 14.3. The number of carbonyl (C=O) groups excluding carboxylic acids is 2. The van der Waals surface area contributed by atoms with E-state index in [1.54, 1.807) is 11.8 Å². The van der Waals surface area contributed by atoms with Crippen LogP contribution in [0.5, 0.6) is 0 Å². The molecule has 2 amide bonds. The molecule has 0 saturated carbocycles. The van der Waals surface area contributed by atoms with E-state index in [9.17, 15) is 9.59 Å². The van der Waals surface area contributed by atoms with Gasteiger partial charge >= 0.3 is 12.0 Å². The monoisotopic (exact) mass is 298 g/mol. The Morgan fingerprint density at radius 1 is 1.33 bits per heavy atom. The fourth-order valence-corrected chi connectivity index (χ4v) is 1.89. The van der Waals surface area contributed by atoms with Crippen LogP contribution in [0.15, 0.2) is 12.2 Å². The highest BCUT2D eigenvalue weighted by molar-refractivity contribution is 5.86. The third-order valence-corrected chi connectivity index (χ3v) is 3.04. The van der Waals surface area contributed by atoms with Gasteiger partial charge < -0.3 is 15.0 Å². The molecule has 0 aliphatic rings. The van der Waals surface area contributed by atoms with E-state index in [1.807, 2.05) is 27.7 Å². The summed E-state index contributed by atoms with van der Waals surface area (Å²) in [5.74, 6) is -0.427. The molecule has 0 aromatic heterocycles. The van der Waals surface area contributed by atoms with Crippen LogP contribution in [0.25, 0.3) is 0 Å². The van der Waals surface area contributed by atoms with Crippen molar-refractivity contribution in [2.75, 3.05) is 13.2 Å². The van der Waals surface area contributed by atoms with Gasteiger partial charge in [0.15, 0.2) is 0 Å². The number of nitrogens with one attached hydrogen (secondary N) is 1. The molecule has 0 saturated heterocycles. The Bertz CT molecular complexity index is 372. The van der Waals surface area contributed by atoms with Crippen molar-refractivity contribution in [2.24, 2.45) is 0 Å². The van der Waals surface area contributed by atoms with Gasteiger partial charge in [-0.05, 0) is 41.0 Å². The second-order valence-corrected chi connectivity index (χ2v) is 6.38. The van der Waals surface area contributed by atoms with Gasteiger partial charge in [0.1, 0.15) is 6.61 Å². The summed E-state index contributed by atoms with van der Waals surface area (Å²) in [5.41, 5.74) is 0.0179. The first-order valence-corrected chi connectivity index (χ1v) is 7.50. The first-order valence-electron chi connectivity index (χ1n) is 7.50. The standard InChI is InChI=1S/C16H30N2O3/c1-8-9-13(4)17-15(20)18(16(5,6)7)10-11-21-14(19)12(2)3/h13H,2,8-11H2,1,3-7H3,(H,17,20). The molecule has 0 aliphatic heterocycles. The Kier molecular flexibility index (Phi) is 8.07. The average molecular weight is 298 g/mol. The molecular formula is C16H30N2O3. The van der Waals surface area contributed by atoms with E-state index in [0.717, 1.165) is 12.8 Å². The zero-order valence-electron chi connectivity index (χ0n) is 14.3. The average Bonchev–Trinajstić information content (AvgIpc) is 2.32. The van der Waals surface area contributed by atoms with Crippen LogP contribution in [0.3, 0.4) is 0 Å². The summed E-state index contributed by atoms with van der Waals surface area (Å²) in [5, 5.41) is 2.98. The topological polar surface area (TPSA) is 58.6 Å². The van der Waals surface area contributed by atoms with Gasteiger partial charge in [0.05, 0.1) is 6.54 Å². The molecule has 0 fully saturated rings. The van der Waals surface area contributed by atoms with Crippen LogP contribution in [0.1, 0.15) is 54.4 Å². The molecule has 0 heterocycles. The normalized spacial score (nSPS) is 12.5. The van der Waals surface area contributed by atoms with E-state index in [4.69, 9.17) is 4.74 Å². The van der Waals surface area contributed by atoms with Crippen molar-refractivity contribution < 1.29 is 14.3 Å². The summed E-state index contributed by atoms with van der Waals surface area (Å²) in [6.45, 7) is 15.6. The van der Waals surface area contributed by atoms with Crippen molar-refractivity contribution in [3.05, 3.63) is 12.2 Å². The summed E-state index contributed by atoms with van der Waals surface area (Å²) >= 11 is 0. The van der Waals surface area contributed by atoms with Crippen LogP contribution in [0, 0.1) is 0 Å². The lowest BCUT2D eigenvalue weighted by Crippen LogP contribution is -2.53. The maximum atomic E-state index is 12.3. The number of nitrogens with zero attached hydrogens (tertiary/aromatic N) is 1. The zero-order chi connectivity index (χ0) is 16.6. The molecule has 122 valence electrons. The second-order valence-electron chi connectivity index (χ2n) is 6.38. The van der Waals surface area contributed by atoms with Crippen LogP contribution in [0.2, 0.25) is 0 Å². The molecule has 5 heteroatoms. The van der Waals surface area contributed by atoms with Gasteiger partial charge in [-0.1, -0.05) is 19.9 Å². The number of amides is 2. The van der Waals surface area contributed by atoms with Gasteiger partial charge in [-0.25, -0.2) is 9.59 Å². The molecule has 0 radical (unpaired) electrons. The first kappa shape index (κ1) is 19.5. The Morgan fingerprint density at radius 2 is 1.90 bits per heavy atom. The Morgan fingerprint density at radius 3 is 2.33 bits per heavy atom. The number of hydrogen-bond donors (Lipinski definition) is 1. The molecule has 0 bridgehead atoms. The minimum absolute atomic E-state index is 0.130. The van der Waals surface area contributed by atoms with Gasteiger partial charge in [0.25, 0.3) is 0 Å². The molecule has 21 heavy (non-hydrogen) atoms. The molecule has 0 aromatic rings. The van der Waals surface area contributed by atoms with Crippen molar-refractivity contribution in [3.63, 3.8) is 0 Å². The van der Waals surface area contributed by atoms with Crippen LogP contribution in [0.4, 0.5) is 4.79 Å². The third kappa shape index (κ3) is 7.73. The minimum atomic E-state index is -0.427. The smallest absolute Gasteiger partial charge is 0.333 e. The largest absolute Gasteiger partial charge is 0.460 e. The fraction of sp³-hybridized carbons (Fsp3) is 0.750.